The van der Waals surface area contributed by atoms with Gasteiger partial charge in [-0.25, -0.2) is 0 Å². The molecule has 0 bridgehead atoms. The third-order valence-corrected chi connectivity index (χ3v) is 4.60. The van der Waals surface area contributed by atoms with Crippen LogP contribution in [0, 0.1) is 0 Å². The van der Waals surface area contributed by atoms with Gasteiger partial charge in [0, 0.05) is 12.2 Å². The van der Waals surface area contributed by atoms with Crippen molar-refractivity contribution in [3.63, 3.8) is 0 Å². The van der Waals surface area contributed by atoms with Crippen molar-refractivity contribution in [1.82, 2.24) is 15.1 Å². The van der Waals surface area contributed by atoms with Gasteiger partial charge in [0.2, 0.25) is 0 Å². The maximum absolute atomic E-state index is 12.8. The molecule has 2 N–H and O–H groups in total. The molecule has 0 saturated carbocycles. The molecule has 0 aliphatic rings. The summed E-state index contributed by atoms with van der Waals surface area (Å²) >= 11 is 0. The van der Waals surface area contributed by atoms with Crippen molar-refractivity contribution in [3.8, 4) is 0 Å². The van der Waals surface area contributed by atoms with Crippen LogP contribution in [0.25, 0.3) is 0 Å². The minimum absolute atomic E-state index is 0.235. The first-order chi connectivity index (χ1) is 13.3. The van der Waals surface area contributed by atoms with E-state index < -0.39 is 0 Å². The molecule has 0 fully saturated rings. The lowest BCUT2D eigenvalue weighted by Crippen LogP contribution is -2.18. The summed E-state index contributed by atoms with van der Waals surface area (Å²) in [5.41, 5.74) is 3.47. The van der Waals surface area contributed by atoms with Crippen molar-refractivity contribution in [2.24, 2.45) is 0 Å². The van der Waals surface area contributed by atoms with E-state index in [-0.39, 0.29) is 5.91 Å². The molecular formula is C22H33N5O. The molecular weight excluding hydrogens is 350 g/mol. The highest BCUT2D eigenvalue weighted by Gasteiger charge is 2.17. The summed E-state index contributed by atoms with van der Waals surface area (Å²) in [7, 11) is 4.10. The van der Waals surface area contributed by atoms with Crippen LogP contribution in [0.3, 0.4) is 0 Å². The summed E-state index contributed by atoms with van der Waals surface area (Å²) in [6, 6.07) is 9.70. The number of aromatic nitrogens is 2. The van der Waals surface area contributed by atoms with E-state index in [0.717, 1.165) is 36.3 Å². The minimum atomic E-state index is -0.235. The van der Waals surface area contributed by atoms with Crippen LogP contribution < -0.4 is 10.6 Å². The van der Waals surface area contributed by atoms with E-state index in [1.807, 2.05) is 0 Å². The van der Waals surface area contributed by atoms with Crippen molar-refractivity contribution >= 4 is 17.4 Å². The molecule has 2 aromatic rings. The molecule has 1 heterocycles. The molecule has 0 saturated heterocycles. The second-order valence-corrected chi connectivity index (χ2v) is 7.96. The number of nitrogens with one attached hydrogen (secondary N) is 2. The van der Waals surface area contributed by atoms with Crippen LogP contribution in [-0.4, -0.2) is 48.2 Å². The fourth-order valence-corrected chi connectivity index (χ4v) is 3.03. The van der Waals surface area contributed by atoms with Crippen LogP contribution in [0.5, 0.6) is 0 Å². The fraction of sp³-hybridized carbons (Fsp3) is 0.500. The van der Waals surface area contributed by atoms with Gasteiger partial charge >= 0.3 is 0 Å². The van der Waals surface area contributed by atoms with Crippen molar-refractivity contribution in [2.75, 3.05) is 37.8 Å². The normalized spacial score (nSPS) is 11.3. The third-order valence-electron chi connectivity index (χ3n) is 4.60. The Balaban J connectivity index is 2.09. The molecule has 1 aromatic carbocycles. The van der Waals surface area contributed by atoms with Crippen molar-refractivity contribution in [2.45, 2.75) is 46.0 Å². The number of rotatable bonds is 9. The van der Waals surface area contributed by atoms with Crippen LogP contribution in [0.2, 0.25) is 0 Å². The number of nitrogens with zero attached hydrogens (tertiary/aromatic N) is 3. The van der Waals surface area contributed by atoms with Crippen molar-refractivity contribution < 1.29 is 4.79 Å². The van der Waals surface area contributed by atoms with E-state index in [2.05, 4.69) is 85.7 Å². The van der Waals surface area contributed by atoms with Gasteiger partial charge in [0.15, 0.2) is 5.69 Å². The van der Waals surface area contributed by atoms with Gasteiger partial charge in [-0.1, -0.05) is 45.9 Å². The SMILES string of the molecule is CC(C)c1cccc(C(C)C)c1NC(=O)c1ccc(NCCCN(C)C)nn1. The van der Waals surface area contributed by atoms with Gasteiger partial charge < -0.3 is 15.5 Å². The first-order valence-corrected chi connectivity index (χ1v) is 9.96. The molecule has 2 rings (SSSR count). The van der Waals surface area contributed by atoms with Gasteiger partial charge in [0.05, 0.1) is 0 Å². The first-order valence-electron chi connectivity index (χ1n) is 9.96. The quantitative estimate of drug-likeness (QED) is 0.630. The number of amides is 1. The Labute approximate surface area is 168 Å². The zero-order valence-corrected chi connectivity index (χ0v) is 17.9. The summed E-state index contributed by atoms with van der Waals surface area (Å²) in [5.74, 6) is 1.07. The van der Waals surface area contributed by atoms with Crippen LogP contribution in [-0.2, 0) is 0 Å². The van der Waals surface area contributed by atoms with Crippen molar-refractivity contribution in [1.29, 1.82) is 0 Å². The molecule has 152 valence electrons. The van der Waals surface area contributed by atoms with Gasteiger partial charge in [-0.15, -0.1) is 10.2 Å². The number of hydrogen-bond acceptors (Lipinski definition) is 5. The second kappa shape index (κ2) is 10.2. The van der Waals surface area contributed by atoms with Gasteiger partial charge in [-0.3, -0.25) is 4.79 Å². The molecule has 6 heteroatoms. The number of carbonyl (C=O) groups is 1. The van der Waals surface area contributed by atoms with Crippen LogP contribution in [0.1, 0.15) is 67.6 Å². The molecule has 28 heavy (non-hydrogen) atoms. The number of hydrogen-bond donors (Lipinski definition) is 2. The fourth-order valence-electron chi connectivity index (χ4n) is 3.03. The maximum Gasteiger partial charge on any atom is 0.276 e. The highest BCUT2D eigenvalue weighted by molar-refractivity contribution is 6.03. The van der Waals surface area contributed by atoms with Crippen LogP contribution in [0.4, 0.5) is 11.5 Å². The number of carbonyl (C=O) groups excluding carboxylic acids is 1. The number of benzene rings is 1. The van der Waals surface area contributed by atoms with Gasteiger partial charge in [0.1, 0.15) is 5.82 Å². The number of para-hydroxylation sites is 1. The molecule has 0 atom stereocenters. The Morgan fingerprint density at radius 3 is 2.14 bits per heavy atom. The molecule has 0 aliphatic heterocycles. The Morgan fingerprint density at radius 1 is 1.00 bits per heavy atom. The summed E-state index contributed by atoms with van der Waals surface area (Å²) in [5, 5.41) is 14.5. The largest absolute Gasteiger partial charge is 0.369 e. The summed E-state index contributed by atoms with van der Waals surface area (Å²) < 4.78 is 0. The lowest BCUT2D eigenvalue weighted by atomic mass is 9.92. The van der Waals surface area contributed by atoms with Crippen molar-refractivity contribution in [3.05, 3.63) is 47.2 Å². The average Bonchev–Trinajstić information content (AvgIpc) is 2.65. The molecule has 6 nitrogen and oxygen atoms in total. The summed E-state index contributed by atoms with van der Waals surface area (Å²) in [4.78, 5) is 14.9. The third kappa shape index (κ3) is 6.02. The first kappa shape index (κ1) is 21.8. The predicted octanol–water partition coefficient (Wildman–Crippen LogP) is 4.34. The van der Waals surface area contributed by atoms with Gasteiger partial charge in [-0.2, -0.15) is 0 Å². The Bertz CT molecular complexity index is 743. The zero-order valence-electron chi connectivity index (χ0n) is 17.9. The van der Waals surface area contributed by atoms with E-state index in [9.17, 15) is 4.79 Å². The molecule has 0 spiro atoms. The van der Waals surface area contributed by atoms with Gasteiger partial charge in [0.25, 0.3) is 5.91 Å². The van der Waals surface area contributed by atoms with Crippen LogP contribution in [0.15, 0.2) is 30.3 Å². The number of anilines is 2. The molecule has 0 aliphatic carbocycles. The summed E-state index contributed by atoms with van der Waals surface area (Å²) in [6.07, 6.45) is 1.01. The predicted molar refractivity (Wildman–Crippen MR) is 116 cm³/mol. The molecule has 1 aromatic heterocycles. The summed E-state index contributed by atoms with van der Waals surface area (Å²) in [6.45, 7) is 10.3. The topological polar surface area (TPSA) is 70.2 Å². The van der Waals surface area contributed by atoms with E-state index in [1.165, 1.54) is 0 Å². The highest BCUT2D eigenvalue weighted by Crippen LogP contribution is 2.32. The van der Waals surface area contributed by atoms with E-state index in [0.29, 0.717) is 23.3 Å². The highest BCUT2D eigenvalue weighted by atomic mass is 16.1. The standard InChI is InChI=1S/C22H33N5O/c1-15(2)17-9-7-10-18(16(3)4)21(17)24-22(28)19-11-12-20(26-25-19)23-13-8-14-27(5)6/h7,9-12,15-16H,8,13-14H2,1-6H3,(H,23,26)(H,24,28). The smallest absolute Gasteiger partial charge is 0.276 e. The van der Waals surface area contributed by atoms with E-state index in [1.54, 1.807) is 12.1 Å². The average molecular weight is 384 g/mol. The lowest BCUT2D eigenvalue weighted by Gasteiger charge is -2.20. The van der Waals surface area contributed by atoms with E-state index in [4.69, 9.17) is 0 Å². The molecule has 1 amide bonds. The van der Waals surface area contributed by atoms with Crippen LogP contribution >= 0.6 is 0 Å². The monoisotopic (exact) mass is 383 g/mol. The molecule has 0 unspecified atom stereocenters. The second-order valence-electron chi connectivity index (χ2n) is 7.96. The zero-order chi connectivity index (χ0) is 20.7. The van der Waals surface area contributed by atoms with E-state index >= 15 is 0 Å². The Hall–Kier alpha value is -2.47. The van der Waals surface area contributed by atoms with Gasteiger partial charge in [-0.05, 0) is 62.2 Å². The molecule has 0 radical (unpaired) electrons. The Morgan fingerprint density at radius 2 is 1.64 bits per heavy atom. The maximum atomic E-state index is 12.8. The Kier molecular flexibility index (Phi) is 7.93. The minimum Gasteiger partial charge on any atom is -0.369 e. The lowest BCUT2D eigenvalue weighted by molar-refractivity contribution is 0.102.